The molecule has 1 aliphatic rings. The second-order valence-electron chi connectivity index (χ2n) is 5.47. The molecule has 0 radical (unpaired) electrons. The summed E-state index contributed by atoms with van der Waals surface area (Å²) >= 11 is 0. The third kappa shape index (κ3) is 3.55. The number of benzene rings is 1. The Balaban J connectivity index is 1.59. The maximum Gasteiger partial charge on any atom is 0.120 e. The molecular weight excluding hydrogens is 264 g/mol. The third-order valence-electron chi connectivity index (χ3n) is 3.99. The first-order valence-electron chi connectivity index (χ1n) is 7.45. The Morgan fingerprint density at radius 1 is 1.48 bits per heavy atom. The zero-order valence-corrected chi connectivity index (χ0v) is 12.4. The van der Waals surface area contributed by atoms with Crippen LogP contribution in [-0.2, 0) is 6.54 Å². The van der Waals surface area contributed by atoms with Crippen LogP contribution in [0.1, 0.15) is 18.4 Å². The molecule has 3 rings (SSSR count). The van der Waals surface area contributed by atoms with E-state index in [1.54, 1.807) is 7.11 Å². The second-order valence-corrected chi connectivity index (χ2v) is 5.47. The molecule has 21 heavy (non-hydrogen) atoms. The highest BCUT2D eigenvalue weighted by Crippen LogP contribution is 2.24. The van der Waals surface area contributed by atoms with Gasteiger partial charge in [0.2, 0.25) is 0 Å². The second kappa shape index (κ2) is 6.63. The van der Waals surface area contributed by atoms with Gasteiger partial charge in [-0.15, -0.1) is 0 Å². The summed E-state index contributed by atoms with van der Waals surface area (Å²) in [4.78, 5) is 2.43. The van der Waals surface area contributed by atoms with Crippen molar-refractivity contribution in [1.82, 2.24) is 15.5 Å². The molecule has 0 spiro atoms. The Bertz CT molecular complexity index is 555. The van der Waals surface area contributed by atoms with Crippen LogP contribution < -0.4 is 15.0 Å². The summed E-state index contributed by atoms with van der Waals surface area (Å²) in [7, 11) is 1.71. The summed E-state index contributed by atoms with van der Waals surface area (Å²) in [6, 6.07) is 8.82. The number of methoxy groups -OCH3 is 1. The van der Waals surface area contributed by atoms with Gasteiger partial charge in [-0.3, -0.25) is 5.10 Å². The molecule has 5 heteroatoms. The molecule has 0 aliphatic carbocycles. The molecule has 1 aromatic carbocycles. The van der Waals surface area contributed by atoms with Gasteiger partial charge in [0, 0.05) is 49.2 Å². The molecule has 1 atom stereocenters. The standard InChI is InChI=1S/C16H22N4O/c1-21-16-6-2-5-15(8-16)20-7-3-4-14(12-20)17-9-13-10-18-19-11-13/h2,5-6,8,10-11,14,17H,3-4,7,9,12H2,1H3,(H,18,19). The molecule has 5 nitrogen and oxygen atoms in total. The van der Waals surface area contributed by atoms with Crippen molar-refractivity contribution in [2.24, 2.45) is 0 Å². The van der Waals surface area contributed by atoms with Crippen molar-refractivity contribution in [2.45, 2.75) is 25.4 Å². The first-order chi connectivity index (χ1) is 10.3. The molecule has 1 aliphatic heterocycles. The van der Waals surface area contributed by atoms with Gasteiger partial charge in [0.15, 0.2) is 0 Å². The van der Waals surface area contributed by atoms with Gasteiger partial charge in [0.1, 0.15) is 5.75 Å². The number of anilines is 1. The summed E-state index contributed by atoms with van der Waals surface area (Å²) in [6.07, 6.45) is 6.24. The van der Waals surface area contributed by atoms with Crippen LogP contribution in [0.5, 0.6) is 5.75 Å². The lowest BCUT2D eigenvalue weighted by atomic mass is 10.0. The number of ether oxygens (including phenoxy) is 1. The molecule has 1 unspecified atom stereocenters. The van der Waals surface area contributed by atoms with Crippen molar-refractivity contribution in [3.63, 3.8) is 0 Å². The van der Waals surface area contributed by atoms with Crippen LogP contribution in [0.3, 0.4) is 0 Å². The number of hydrogen-bond donors (Lipinski definition) is 2. The van der Waals surface area contributed by atoms with Crippen LogP contribution >= 0.6 is 0 Å². The Labute approximate surface area is 125 Å². The minimum atomic E-state index is 0.514. The minimum Gasteiger partial charge on any atom is -0.497 e. The average Bonchev–Trinajstić information content (AvgIpc) is 3.07. The van der Waals surface area contributed by atoms with Gasteiger partial charge >= 0.3 is 0 Å². The number of H-pyrrole nitrogens is 1. The molecule has 1 fully saturated rings. The van der Waals surface area contributed by atoms with Crippen LogP contribution in [0, 0.1) is 0 Å². The van der Waals surface area contributed by atoms with E-state index < -0.39 is 0 Å². The molecule has 1 saturated heterocycles. The average molecular weight is 286 g/mol. The van der Waals surface area contributed by atoms with Crippen molar-refractivity contribution in [1.29, 1.82) is 0 Å². The van der Waals surface area contributed by atoms with E-state index in [1.165, 1.54) is 24.1 Å². The van der Waals surface area contributed by atoms with Crippen LogP contribution in [0.2, 0.25) is 0 Å². The normalized spacial score (nSPS) is 18.7. The highest BCUT2D eigenvalue weighted by molar-refractivity contribution is 5.51. The fraction of sp³-hybridized carbons (Fsp3) is 0.438. The van der Waals surface area contributed by atoms with E-state index in [0.717, 1.165) is 25.4 Å². The lowest BCUT2D eigenvalue weighted by molar-refractivity contribution is 0.411. The van der Waals surface area contributed by atoms with Crippen LogP contribution in [0.25, 0.3) is 0 Å². The van der Waals surface area contributed by atoms with Gasteiger partial charge in [0.25, 0.3) is 0 Å². The van der Waals surface area contributed by atoms with E-state index in [-0.39, 0.29) is 0 Å². The van der Waals surface area contributed by atoms with Crippen LogP contribution in [0.15, 0.2) is 36.7 Å². The van der Waals surface area contributed by atoms with Crippen molar-refractivity contribution in [3.05, 3.63) is 42.2 Å². The van der Waals surface area contributed by atoms with E-state index in [1.807, 2.05) is 18.5 Å². The molecule has 112 valence electrons. The minimum absolute atomic E-state index is 0.514. The topological polar surface area (TPSA) is 53.2 Å². The summed E-state index contributed by atoms with van der Waals surface area (Å²) < 4.78 is 5.32. The molecule has 2 aromatic rings. The van der Waals surface area contributed by atoms with E-state index in [2.05, 4.69) is 38.6 Å². The lowest BCUT2D eigenvalue weighted by Gasteiger charge is -2.35. The maximum atomic E-state index is 5.32. The molecule has 0 amide bonds. The third-order valence-corrected chi connectivity index (χ3v) is 3.99. The van der Waals surface area contributed by atoms with E-state index in [9.17, 15) is 0 Å². The van der Waals surface area contributed by atoms with Gasteiger partial charge in [-0.2, -0.15) is 5.10 Å². The molecule has 2 N–H and O–H groups in total. The Morgan fingerprint density at radius 3 is 3.24 bits per heavy atom. The van der Waals surface area contributed by atoms with Crippen molar-refractivity contribution < 1.29 is 4.74 Å². The summed E-state index contributed by atoms with van der Waals surface area (Å²) in [5.74, 6) is 0.918. The van der Waals surface area contributed by atoms with Crippen molar-refractivity contribution >= 4 is 5.69 Å². The Kier molecular flexibility index (Phi) is 4.40. The Morgan fingerprint density at radius 2 is 2.43 bits per heavy atom. The molecule has 0 saturated carbocycles. The largest absolute Gasteiger partial charge is 0.497 e. The van der Waals surface area contributed by atoms with E-state index >= 15 is 0 Å². The maximum absolute atomic E-state index is 5.32. The smallest absolute Gasteiger partial charge is 0.120 e. The number of nitrogens with one attached hydrogen (secondary N) is 2. The predicted octanol–water partition coefficient (Wildman–Crippen LogP) is 2.18. The number of rotatable bonds is 5. The molecule has 0 bridgehead atoms. The fourth-order valence-corrected chi connectivity index (χ4v) is 2.82. The quantitative estimate of drug-likeness (QED) is 0.884. The van der Waals surface area contributed by atoms with Gasteiger partial charge in [-0.05, 0) is 25.0 Å². The SMILES string of the molecule is COc1cccc(N2CCCC(NCc3cn[nH]c3)C2)c1. The monoisotopic (exact) mass is 286 g/mol. The molecular formula is C16H22N4O. The van der Waals surface area contributed by atoms with Crippen LogP contribution in [0.4, 0.5) is 5.69 Å². The van der Waals surface area contributed by atoms with Crippen LogP contribution in [-0.4, -0.2) is 36.4 Å². The van der Waals surface area contributed by atoms with Crippen molar-refractivity contribution in [3.8, 4) is 5.75 Å². The van der Waals surface area contributed by atoms with Gasteiger partial charge in [-0.25, -0.2) is 0 Å². The first kappa shape index (κ1) is 13.9. The zero-order valence-electron chi connectivity index (χ0n) is 12.4. The summed E-state index contributed by atoms with van der Waals surface area (Å²) in [6.45, 7) is 3.01. The molecule has 2 heterocycles. The predicted molar refractivity (Wildman–Crippen MR) is 83.7 cm³/mol. The number of hydrogen-bond acceptors (Lipinski definition) is 4. The number of aromatic nitrogens is 2. The lowest BCUT2D eigenvalue weighted by Crippen LogP contribution is -2.45. The van der Waals surface area contributed by atoms with Crippen molar-refractivity contribution in [2.75, 3.05) is 25.1 Å². The number of piperidine rings is 1. The highest BCUT2D eigenvalue weighted by Gasteiger charge is 2.20. The van der Waals surface area contributed by atoms with Gasteiger partial charge in [0.05, 0.1) is 13.3 Å². The van der Waals surface area contributed by atoms with Gasteiger partial charge < -0.3 is 15.0 Å². The van der Waals surface area contributed by atoms with E-state index in [4.69, 9.17) is 4.74 Å². The number of nitrogens with zero attached hydrogens (tertiary/aromatic N) is 2. The fourth-order valence-electron chi connectivity index (χ4n) is 2.82. The Hall–Kier alpha value is -2.01. The first-order valence-corrected chi connectivity index (χ1v) is 7.45. The van der Waals surface area contributed by atoms with Gasteiger partial charge in [-0.1, -0.05) is 6.07 Å². The number of aromatic amines is 1. The zero-order chi connectivity index (χ0) is 14.5. The highest BCUT2D eigenvalue weighted by atomic mass is 16.5. The summed E-state index contributed by atoms with van der Waals surface area (Å²) in [5, 5.41) is 10.4. The van der Waals surface area contributed by atoms with E-state index in [0.29, 0.717) is 6.04 Å². The summed E-state index contributed by atoms with van der Waals surface area (Å²) in [5.41, 5.74) is 2.44. The molecule has 1 aromatic heterocycles.